The zero-order valence-electron chi connectivity index (χ0n) is 16.8. The van der Waals surface area contributed by atoms with Gasteiger partial charge in [-0.1, -0.05) is 111 Å². The SMILES string of the molecule is CCCCCCCCCCCCCNC(CC)CCCCCC. The van der Waals surface area contributed by atoms with E-state index in [9.17, 15) is 0 Å². The third kappa shape index (κ3) is 18.1. The molecule has 0 saturated carbocycles. The molecule has 1 atom stereocenters. The van der Waals surface area contributed by atoms with Crippen molar-refractivity contribution in [3.8, 4) is 0 Å². The lowest BCUT2D eigenvalue weighted by Gasteiger charge is -2.16. The van der Waals surface area contributed by atoms with Crippen molar-refractivity contribution < 1.29 is 0 Å². The molecule has 0 aliphatic heterocycles. The van der Waals surface area contributed by atoms with Crippen LogP contribution in [-0.4, -0.2) is 12.6 Å². The number of rotatable bonds is 19. The topological polar surface area (TPSA) is 12.0 Å². The van der Waals surface area contributed by atoms with E-state index in [0.717, 1.165) is 6.04 Å². The highest BCUT2D eigenvalue weighted by Gasteiger charge is 2.04. The fraction of sp³-hybridized carbons (Fsp3) is 1.00. The van der Waals surface area contributed by atoms with E-state index < -0.39 is 0 Å². The monoisotopic (exact) mass is 325 g/mol. The molecule has 0 bridgehead atoms. The lowest BCUT2D eigenvalue weighted by molar-refractivity contribution is 0.434. The van der Waals surface area contributed by atoms with E-state index in [1.54, 1.807) is 0 Å². The highest BCUT2D eigenvalue weighted by molar-refractivity contribution is 4.65. The van der Waals surface area contributed by atoms with E-state index >= 15 is 0 Å². The van der Waals surface area contributed by atoms with Crippen molar-refractivity contribution in [3.63, 3.8) is 0 Å². The summed E-state index contributed by atoms with van der Waals surface area (Å²) in [5, 5.41) is 3.78. The molecule has 0 rings (SSSR count). The molecule has 0 saturated heterocycles. The van der Waals surface area contributed by atoms with E-state index in [1.165, 1.54) is 116 Å². The van der Waals surface area contributed by atoms with Gasteiger partial charge in [0.25, 0.3) is 0 Å². The zero-order chi connectivity index (χ0) is 17.0. The molecule has 0 aromatic carbocycles. The molecular formula is C22H47N. The molecule has 0 aromatic rings. The quantitative estimate of drug-likeness (QED) is 0.241. The van der Waals surface area contributed by atoms with E-state index in [0.29, 0.717) is 0 Å². The van der Waals surface area contributed by atoms with Crippen LogP contribution in [0.15, 0.2) is 0 Å². The Morgan fingerprint density at radius 3 is 1.43 bits per heavy atom. The normalized spacial score (nSPS) is 12.7. The zero-order valence-corrected chi connectivity index (χ0v) is 16.8. The van der Waals surface area contributed by atoms with E-state index in [2.05, 4.69) is 26.1 Å². The van der Waals surface area contributed by atoms with Gasteiger partial charge in [-0.15, -0.1) is 0 Å². The molecule has 0 amide bonds. The summed E-state index contributed by atoms with van der Waals surface area (Å²) in [5.74, 6) is 0. The van der Waals surface area contributed by atoms with E-state index in [1.807, 2.05) is 0 Å². The average Bonchev–Trinajstić information content (AvgIpc) is 2.57. The van der Waals surface area contributed by atoms with Crippen LogP contribution in [-0.2, 0) is 0 Å². The average molecular weight is 326 g/mol. The first-order chi connectivity index (χ1) is 11.3. The van der Waals surface area contributed by atoms with Crippen molar-refractivity contribution in [1.29, 1.82) is 0 Å². The van der Waals surface area contributed by atoms with Crippen molar-refractivity contribution in [2.24, 2.45) is 0 Å². The maximum Gasteiger partial charge on any atom is 0.00644 e. The number of hydrogen-bond donors (Lipinski definition) is 1. The minimum absolute atomic E-state index is 0.773. The molecule has 1 N–H and O–H groups in total. The molecule has 0 radical (unpaired) electrons. The van der Waals surface area contributed by atoms with Gasteiger partial charge in [-0.3, -0.25) is 0 Å². The molecule has 0 aliphatic rings. The van der Waals surface area contributed by atoms with Crippen LogP contribution < -0.4 is 5.32 Å². The van der Waals surface area contributed by atoms with E-state index in [-0.39, 0.29) is 0 Å². The van der Waals surface area contributed by atoms with Gasteiger partial charge in [0.05, 0.1) is 0 Å². The number of unbranched alkanes of at least 4 members (excludes halogenated alkanes) is 13. The molecule has 1 nitrogen and oxygen atoms in total. The third-order valence-corrected chi connectivity index (χ3v) is 5.11. The fourth-order valence-corrected chi connectivity index (χ4v) is 3.36. The smallest absolute Gasteiger partial charge is 0.00644 e. The van der Waals surface area contributed by atoms with Crippen LogP contribution in [0.3, 0.4) is 0 Å². The summed E-state index contributed by atoms with van der Waals surface area (Å²) in [6.07, 6.45) is 24.1. The van der Waals surface area contributed by atoms with Gasteiger partial charge in [0.2, 0.25) is 0 Å². The van der Waals surface area contributed by atoms with Crippen LogP contribution in [0, 0.1) is 0 Å². The predicted molar refractivity (Wildman–Crippen MR) is 107 cm³/mol. The highest BCUT2D eigenvalue weighted by atomic mass is 14.9. The van der Waals surface area contributed by atoms with Crippen LogP contribution in [0.1, 0.15) is 130 Å². The maximum atomic E-state index is 3.78. The highest BCUT2D eigenvalue weighted by Crippen LogP contribution is 2.11. The van der Waals surface area contributed by atoms with Crippen LogP contribution in [0.4, 0.5) is 0 Å². The summed E-state index contributed by atoms with van der Waals surface area (Å²) >= 11 is 0. The second-order valence-electron chi connectivity index (χ2n) is 7.44. The Balaban J connectivity index is 3.21. The van der Waals surface area contributed by atoms with Gasteiger partial charge in [0.1, 0.15) is 0 Å². The van der Waals surface area contributed by atoms with Crippen molar-refractivity contribution in [2.45, 2.75) is 136 Å². The first kappa shape index (κ1) is 23.0. The summed E-state index contributed by atoms with van der Waals surface area (Å²) in [4.78, 5) is 0. The van der Waals surface area contributed by atoms with Crippen LogP contribution in [0.25, 0.3) is 0 Å². The minimum atomic E-state index is 0.773. The van der Waals surface area contributed by atoms with Gasteiger partial charge in [0.15, 0.2) is 0 Å². The minimum Gasteiger partial charge on any atom is -0.314 e. The van der Waals surface area contributed by atoms with Gasteiger partial charge in [-0.05, 0) is 25.8 Å². The van der Waals surface area contributed by atoms with Gasteiger partial charge >= 0.3 is 0 Å². The largest absolute Gasteiger partial charge is 0.314 e. The number of hydrogen-bond acceptors (Lipinski definition) is 1. The molecule has 0 fully saturated rings. The molecule has 0 aromatic heterocycles. The lowest BCUT2D eigenvalue weighted by atomic mass is 10.0. The van der Waals surface area contributed by atoms with Crippen molar-refractivity contribution in [3.05, 3.63) is 0 Å². The summed E-state index contributed by atoms with van der Waals surface area (Å²) in [7, 11) is 0. The Hall–Kier alpha value is -0.0400. The first-order valence-electron chi connectivity index (χ1n) is 11.1. The lowest BCUT2D eigenvalue weighted by Crippen LogP contribution is -2.29. The molecule has 23 heavy (non-hydrogen) atoms. The standard InChI is InChI=1S/C22H47N/c1-4-7-9-11-12-13-14-15-16-17-19-21-23-22(6-3)20-18-10-8-5-2/h22-23H,4-21H2,1-3H3. The van der Waals surface area contributed by atoms with Gasteiger partial charge in [-0.25, -0.2) is 0 Å². The molecule has 1 heteroatoms. The Labute approximate surface area is 148 Å². The van der Waals surface area contributed by atoms with Crippen LogP contribution in [0.2, 0.25) is 0 Å². The summed E-state index contributed by atoms with van der Waals surface area (Å²) in [5.41, 5.74) is 0. The summed E-state index contributed by atoms with van der Waals surface area (Å²) in [6.45, 7) is 8.16. The van der Waals surface area contributed by atoms with Crippen molar-refractivity contribution >= 4 is 0 Å². The van der Waals surface area contributed by atoms with Crippen LogP contribution in [0.5, 0.6) is 0 Å². The molecular weight excluding hydrogens is 278 g/mol. The number of nitrogens with one attached hydrogen (secondary N) is 1. The molecule has 0 aliphatic carbocycles. The van der Waals surface area contributed by atoms with Crippen molar-refractivity contribution in [1.82, 2.24) is 5.32 Å². The molecule has 0 heterocycles. The van der Waals surface area contributed by atoms with Gasteiger partial charge < -0.3 is 5.32 Å². The van der Waals surface area contributed by atoms with Crippen LogP contribution >= 0.6 is 0 Å². The maximum absolute atomic E-state index is 3.78. The molecule has 0 spiro atoms. The Kier molecular flexibility index (Phi) is 20.0. The van der Waals surface area contributed by atoms with E-state index in [4.69, 9.17) is 0 Å². The van der Waals surface area contributed by atoms with Gasteiger partial charge in [-0.2, -0.15) is 0 Å². The summed E-state index contributed by atoms with van der Waals surface area (Å²) < 4.78 is 0. The Morgan fingerprint density at radius 2 is 0.957 bits per heavy atom. The molecule has 140 valence electrons. The summed E-state index contributed by atoms with van der Waals surface area (Å²) in [6, 6.07) is 0.773. The third-order valence-electron chi connectivity index (χ3n) is 5.11. The fourth-order valence-electron chi connectivity index (χ4n) is 3.36. The Bertz CT molecular complexity index is 202. The second-order valence-corrected chi connectivity index (χ2v) is 7.44. The Morgan fingerprint density at radius 1 is 0.522 bits per heavy atom. The first-order valence-corrected chi connectivity index (χ1v) is 11.1. The van der Waals surface area contributed by atoms with Crippen molar-refractivity contribution in [2.75, 3.05) is 6.54 Å². The molecule has 1 unspecified atom stereocenters. The predicted octanol–water partition coefficient (Wildman–Crippen LogP) is 7.64. The van der Waals surface area contributed by atoms with Gasteiger partial charge in [0, 0.05) is 6.04 Å². The second kappa shape index (κ2) is 20.0.